The van der Waals surface area contributed by atoms with Gasteiger partial charge in [0.25, 0.3) is 0 Å². The molecule has 1 aromatic carbocycles. The lowest BCUT2D eigenvalue weighted by atomic mass is 9.95. The van der Waals surface area contributed by atoms with Gasteiger partial charge < -0.3 is 9.84 Å². The molecule has 1 atom stereocenters. The average Bonchev–Trinajstić information content (AvgIpc) is 2.34. The maximum Gasteiger partial charge on any atom is 0.306 e. The van der Waals surface area contributed by atoms with Crippen LogP contribution in [0.1, 0.15) is 18.4 Å². The van der Waals surface area contributed by atoms with Crippen molar-refractivity contribution >= 4 is 11.9 Å². The van der Waals surface area contributed by atoms with Crippen LogP contribution in [0.2, 0.25) is 0 Å². The molecule has 0 saturated heterocycles. The molecular weight excluding hydrogens is 220 g/mol. The van der Waals surface area contributed by atoms with Gasteiger partial charge in [-0.05, 0) is 18.4 Å². The van der Waals surface area contributed by atoms with E-state index in [0.717, 1.165) is 5.56 Å². The molecule has 4 nitrogen and oxygen atoms in total. The fourth-order valence-electron chi connectivity index (χ4n) is 1.61. The highest BCUT2D eigenvalue weighted by atomic mass is 16.5. The summed E-state index contributed by atoms with van der Waals surface area (Å²) < 4.78 is 4.50. The number of carboxylic acid groups (broad SMARTS) is 1. The Balaban J connectivity index is 2.55. The number of rotatable bonds is 6. The van der Waals surface area contributed by atoms with E-state index in [2.05, 4.69) is 4.74 Å². The fraction of sp³-hybridized carbons (Fsp3) is 0.385. The molecule has 0 aliphatic rings. The second-order valence-electron chi connectivity index (χ2n) is 3.84. The Morgan fingerprint density at radius 3 is 2.47 bits per heavy atom. The molecule has 1 N–H and O–H groups in total. The van der Waals surface area contributed by atoms with Gasteiger partial charge in [0.15, 0.2) is 0 Å². The van der Waals surface area contributed by atoms with Gasteiger partial charge in [-0.25, -0.2) is 0 Å². The van der Waals surface area contributed by atoms with Crippen molar-refractivity contribution in [2.75, 3.05) is 7.11 Å². The van der Waals surface area contributed by atoms with Crippen molar-refractivity contribution in [2.45, 2.75) is 19.3 Å². The largest absolute Gasteiger partial charge is 0.481 e. The van der Waals surface area contributed by atoms with Gasteiger partial charge in [-0.1, -0.05) is 30.3 Å². The molecule has 0 fully saturated rings. The van der Waals surface area contributed by atoms with Crippen LogP contribution in [0.25, 0.3) is 0 Å². The quantitative estimate of drug-likeness (QED) is 0.766. The van der Waals surface area contributed by atoms with Crippen LogP contribution in [0.4, 0.5) is 0 Å². The molecule has 1 rings (SSSR count). The lowest BCUT2D eigenvalue weighted by molar-refractivity contribution is -0.143. The molecule has 0 heterocycles. The Bertz CT molecular complexity index is 372. The number of benzene rings is 1. The van der Waals surface area contributed by atoms with Crippen LogP contribution < -0.4 is 0 Å². The van der Waals surface area contributed by atoms with Gasteiger partial charge in [-0.15, -0.1) is 0 Å². The Hall–Kier alpha value is -1.84. The molecular formula is C13H16O4. The van der Waals surface area contributed by atoms with E-state index in [4.69, 9.17) is 5.11 Å². The fourth-order valence-corrected chi connectivity index (χ4v) is 1.61. The van der Waals surface area contributed by atoms with E-state index in [1.807, 2.05) is 30.3 Å². The third-order valence-electron chi connectivity index (χ3n) is 2.60. The van der Waals surface area contributed by atoms with Crippen LogP contribution in [0, 0.1) is 5.92 Å². The summed E-state index contributed by atoms with van der Waals surface area (Å²) in [6.07, 6.45) is 0.879. The zero-order valence-corrected chi connectivity index (χ0v) is 9.76. The van der Waals surface area contributed by atoms with Crippen molar-refractivity contribution in [2.24, 2.45) is 5.92 Å². The van der Waals surface area contributed by atoms with Gasteiger partial charge in [0, 0.05) is 6.42 Å². The first-order chi connectivity index (χ1) is 8.13. The van der Waals surface area contributed by atoms with Gasteiger partial charge in [-0.3, -0.25) is 9.59 Å². The van der Waals surface area contributed by atoms with Crippen molar-refractivity contribution in [1.29, 1.82) is 0 Å². The topological polar surface area (TPSA) is 63.6 Å². The number of hydrogen-bond donors (Lipinski definition) is 1. The van der Waals surface area contributed by atoms with Gasteiger partial charge in [0.1, 0.15) is 0 Å². The van der Waals surface area contributed by atoms with Crippen LogP contribution in [0.5, 0.6) is 0 Å². The SMILES string of the molecule is COC(=O)CCC(Cc1ccccc1)C(=O)O. The number of aliphatic carboxylic acids is 1. The summed E-state index contributed by atoms with van der Waals surface area (Å²) in [5.41, 5.74) is 0.963. The summed E-state index contributed by atoms with van der Waals surface area (Å²) in [4.78, 5) is 22.0. The summed E-state index contributed by atoms with van der Waals surface area (Å²) in [7, 11) is 1.30. The Morgan fingerprint density at radius 1 is 1.29 bits per heavy atom. The molecule has 4 heteroatoms. The van der Waals surface area contributed by atoms with E-state index in [-0.39, 0.29) is 12.4 Å². The molecule has 0 amide bonds. The minimum atomic E-state index is -0.877. The Labute approximate surface area is 100 Å². The van der Waals surface area contributed by atoms with Gasteiger partial charge in [-0.2, -0.15) is 0 Å². The second kappa shape index (κ2) is 6.68. The zero-order valence-electron chi connectivity index (χ0n) is 9.76. The molecule has 0 bridgehead atoms. The summed E-state index contributed by atoms with van der Waals surface area (Å²) in [6, 6.07) is 9.39. The van der Waals surface area contributed by atoms with E-state index in [1.54, 1.807) is 0 Å². The van der Waals surface area contributed by atoms with Crippen molar-refractivity contribution in [3.05, 3.63) is 35.9 Å². The van der Waals surface area contributed by atoms with Crippen LogP contribution in [0.3, 0.4) is 0 Å². The molecule has 92 valence electrons. The molecule has 0 spiro atoms. The highest BCUT2D eigenvalue weighted by Crippen LogP contribution is 2.15. The van der Waals surface area contributed by atoms with Crippen LogP contribution in [0.15, 0.2) is 30.3 Å². The molecule has 0 radical (unpaired) electrons. The van der Waals surface area contributed by atoms with Crippen LogP contribution in [-0.2, 0) is 20.7 Å². The number of carbonyl (C=O) groups is 2. The molecule has 17 heavy (non-hydrogen) atoms. The van der Waals surface area contributed by atoms with E-state index >= 15 is 0 Å². The monoisotopic (exact) mass is 236 g/mol. The predicted octanol–water partition coefficient (Wildman–Crippen LogP) is 1.88. The first kappa shape index (κ1) is 13.2. The second-order valence-corrected chi connectivity index (χ2v) is 3.84. The van der Waals surface area contributed by atoms with Gasteiger partial charge >= 0.3 is 11.9 Å². The van der Waals surface area contributed by atoms with Crippen molar-refractivity contribution in [3.8, 4) is 0 Å². The Kier molecular flexibility index (Phi) is 5.20. The minimum Gasteiger partial charge on any atom is -0.481 e. The summed E-state index contributed by atoms with van der Waals surface area (Å²) in [5.74, 6) is -1.79. The first-order valence-electron chi connectivity index (χ1n) is 5.47. The summed E-state index contributed by atoms with van der Waals surface area (Å²) >= 11 is 0. The minimum absolute atomic E-state index is 0.139. The number of hydrogen-bond acceptors (Lipinski definition) is 3. The van der Waals surface area contributed by atoms with E-state index in [0.29, 0.717) is 12.8 Å². The molecule has 0 aliphatic carbocycles. The van der Waals surface area contributed by atoms with Crippen molar-refractivity contribution in [1.82, 2.24) is 0 Å². The van der Waals surface area contributed by atoms with Crippen LogP contribution in [-0.4, -0.2) is 24.2 Å². The van der Waals surface area contributed by atoms with E-state index in [9.17, 15) is 9.59 Å². The number of carbonyl (C=O) groups excluding carboxylic acids is 1. The number of methoxy groups -OCH3 is 1. The summed E-state index contributed by atoms with van der Waals surface area (Å²) in [6.45, 7) is 0. The molecule has 0 aliphatic heterocycles. The first-order valence-corrected chi connectivity index (χ1v) is 5.47. The maximum atomic E-state index is 11.1. The smallest absolute Gasteiger partial charge is 0.306 e. The number of ether oxygens (including phenoxy) is 1. The zero-order chi connectivity index (χ0) is 12.7. The number of esters is 1. The lowest BCUT2D eigenvalue weighted by Gasteiger charge is -2.11. The summed E-state index contributed by atoms with van der Waals surface area (Å²) in [5, 5.41) is 9.07. The highest BCUT2D eigenvalue weighted by molar-refractivity contribution is 5.73. The lowest BCUT2D eigenvalue weighted by Crippen LogP contribution is -2.18. The normalized spacial score (nSPS) is 11.8. The van der Waals surface area contributed by atoms with Gasteiger partial charge in [0.2, 0.25) is 0 Å². The molecule has 0 aromatic heterocycles. The van der Waals surface area contributed by atoms with Crippen LogP contribution >= 0.6 is 0 Å². The van der Waals surface area contributed by atoms with E-state index < -0.39 is 11.9 Å². The Morgan fingerprint density at radius 2 is 1.94 bits per heavy atom. The third-order valence-corrected chi connectivity index (χ3v) is 2.60. The van der Waals surface area contributed by atoms with Crippen molar-refractivity contribution < 1.29 is 19.4 Å². The molecule has 1 unspecified atom stereocenters. The predicted molar refractivity (Wildman–Crippen MR) is 62.5 cm³/mol. The third kappa shape index (κ3) is 4.68. The number of carboxylic acids is 1. The standard InChI is InChI=1S/C13H16O4/c1-17-12(14)8-7-11(13(15)16)9-10-5-3-2-4-6-10/h2-6,11H,7-9H2,1H3,(H,15,16). The van der Waals surface area contributed by atoms with Crippen molar-refractivity contribution in [3.63, 3.8) is 0 Å². The van der Waals surface area contributed by atoms with Gasteiger partial charge in [0.05, 0.1) is 13.0 Å². The average molecular weight is 236 g/mol. The molecule has 1 aromatic rings. The van der Waals surface area contributed by atoms with E-state index in [1.165, 1.54) is 7.11 Å². The maximum absolute atomic E-state index is 11.1. The molecule has 0 saturated carbocycles. The highest BCUT2D eigenvalue weighted by Gasteiger charge is 2.19.